The van der Waals surface area contributed by atoms with Crippen molar-refractivity contribution in [2.45, 2.75) is 32.7 Å². The summed E-state index contributed by atoms with van der Waals surface area (Å²) in [6.07, 6.45) is 1.25. The fraction of sp³-hybridized carbons (Fsp3) is 0.462. The summed E-state index contributed by atoms with van der Waals surface area (Å²) in [5.41, 5.74) is 0.827. The van der Waals surface area contributed by atoms with Crippen LogP contribution >= 0.6 is 0 Å². The average molecular weight is 239 g/mol. The number of benzene rings is 1. The van der Waals surface area contributed by atoms with E-state index >= 15 is 0 Å². The first kappa shape index (κ1) is 13.6. The van der Waals surface area contributed by atoms with Crippen molar-refractivity contribution in [2.75, 3.05) is 6.61 Å². The fourth-order valence-corrected chi connectivity index (χ4v) is 1.54. The van der Waals surface area contributed by atoms with E-state index < -0.39 is 0 Å². The quantitative estimate of drug-likeness (QED) is 0.826. The van der Waals surface area contributed by atoms with Crippen LogP contribution in [0.4, 0.5) is 4.39 Å². The van der Waals surface area contributed by atoms with Crippen LogP contribution in [-0.2, 0) is 0 Å². The Balaban J connectivity index is 2.72. The van der Waals surface area contributed by atoms with Crippen molar-refractivity contribution in [2.24, 2.45) is 0 Å². The first-order valence-electron chi connectivity index (χ1n) is 5.76. The third-order valence-electron chi connectivity index (χ3n) is 2.74. The van der Waals surface area contributed by atoms with Crippen LogP contribution in [0.5, 0.6) is 0 Å². The lowest BCUT2D eigenvalue weighted by molar-refractivity contribution is 0.0928. The van der Waals surface area contributed by atoms with Gasteiger partial charge in [-0.3, -0.25) is 4.79 Å². The number of aliphatic hydroxyl groups excluding tert-OH is 1. The van der Waals surface area contributed by atoms with E-state index in [4.69, 9.17) is 5.11 Å². The first-order valence-corrected chi connectivity index (χ1v) is 5.76. The molecule has 0 aliphatic carbocycles. The molecule has 94 valence electrons. The van der Waals surface area contributed by atoms with Gasteiger partial charge in [-0.1, -0.05) is 13.0 Å². The zero-order valence-electron chi connectivity index (χ0n) is 10.2. The number of carbonyl (C=O) groups excluding carboxylic acids is 1. The lowest BCUT2D eigenvalue weighted by Crippen LogP contribution is -2.35. The van der Waals surface area contributed by atoms with E-state index in [-0.39, 0.29) is 24.4 Å². The summed E-state index contributed by atoms with van der Waals surface area (Å²) < 4.78 is 13.3. The lowest BCUT2D eigenvalue weighted by atomic mass is 10.1. The Kier molecular flexibility index (Phi) is 5.10. The van der Waals surface area contributed by atoms with E-state index in [1.807, 2.05) is 6.92 Å². The summed E-state index contributed by atoms with van der Waals surface area (Å²) in [4.78, 5) is 11.8. The molecule has 17 heavy (non-hydrogen) atoms. The van der Waals surface area contributed by atoms with E-state index in [9.17, 15) is 9.18 Å². The lowest BCUT2D eigenvalue weighted by Gasteiger charge is -2.15. The van der Waals surface area contributed by atoms with Crippen molar-refractivity contribution >= 4 is 5.91 Å². The molecule has 0 aliphatic rings. The molecule has 0 radical (unpaired) electrons. The molecule has 1 aromatic rings. The van der Waals surface area contributed by atoms with Gasteiger partial charge in [-0.25, -0.2) is 4.39 Å². The standard InChI is InChI=1S/C13H18FNO2/c1-3-11(6-7-16)15-13(17)10-5-4-9(2)12(14)8-10/h4-5,8,11,16H,3,6-7H2,1-2H3,(H,15,17). The van der Waals surface area contributed by atoms with Crippen LogP contribution in [0.3, 0.4) is 0 Å². The Labute approximate surface area is 101 Å². The van der Waals surface area contributed by atoms with E-state index in [1.54, 1.807) is 19.1 Å². The Morgan fingerprint density at radius 3 is 2.76 bits per heavy atom. The molecule has 0 bridgehead atoms. The maximum Gasteiger partial charge on any atom is 0.251 e. The van der Waals surface area contributed by atoms with Gasteiger partial charge in [-0.05, 0) is 37.5 Å². The number of halogens is 1. The highest BCUT2D eigenvalue weighted by atomic mass is 19.1. The molecule has 0 saturated heterocycles. The van der Waals surface area contributed by atoms with Crippen LogP contribution in [0.2, 0.25) is 0 Å². The molecule has 0 spiro atoms. The molecule has 0 aromatic heterocycles. The summed E-state index contributed by atoms with van der Waals surface area (Å²) in [5, 5.41) is 11.6. The van der Waals surface area contributed by atoms with Gasteiger partial charge >= 0.3 is 0 Å². The Morgan fingerprint density at radius 2 is 2.24 bits per heavy atom. The highest BCUT2D eigenvalue weighted by Crippen LogP contribution is 2.10. The molecule has 1 unspecified atom stereocenters. The van der Waals surface area contributed by atoms with Crippen molar-refractivity contribution in [3.05, 3.63) is 35.1 Å². The molecule has 3 nitrogen and oxygen atoms in total. The molecule has 1 atom stereocenters. The van der Waals surface area contributed by atoms with Gasteiger partial charge in [0, 0.05) is 18.2 Å². The molecule has 2 N–H and O–H groups in total. The maximum atomic E-state index is 13.3. The summed E-state index contributed by atoms with van der Waals surface area (Å²) in [7, 11) is 0. The summed E-state index contributed by atoms with van der Waals surface area (Å²) in [5.74, 6) is -0.683. The average Bonchev–Trinajstić information content (AvgIpc) is 2.31. The van der Waals surface area contributed by atoms with Crippen molar-refractivity contribution in [1.29, 1.82) is 0 Å². The number of rotatable bonds is 5. The Bertz CT molecular complexity index is 393. The van der Waals surface area contributed by atoms with Gasteiger partial charge in [0.2, 0.25) is 0 Å². The molecule has 0 saturated carbocycles. The number of amides is 1. The minimum Gasteiger partial charge on any atom is -0.396 e. The number of aliphatic hydroxyl groups is 1. The highest BCUT2D eigenvalue weighted by molar-refractivity contribution is 5.94. The van der Waals surface area contributed by atoms with Crippen molar-refractivity contribution in [1.82, 2.24) is 5.32 Å². The smallest absolute Gasteiger partial charge is 0.251 e. The molecule has 0 aliphatic heterocycles. The van der Waals surface area contributed by atoms with Gasteiger partial charge in [0.15, 0.2) is 0 Å². The molecule has 4 heteroatoms. The zero-order valence-corrected chi connectivity index (χ0v) is 10.2. The van der Waals surface area contributed by atoms with Crippen LogP contribution in [-0.4, -0.2) is 23.7 Å². The predicted molar refractivity (Wildman–Crippen MR) is 64.4 cm³/mol. The summed E-state index contributed by atoms with van der Waals surface area (Å²) in [6, 6.07) is 4.34. The number of nitrogens with one attached hydrogen (secondary N) is 1. The van der Waals surface area contributed by atoms with Crippen molar-refractivity contribution in [3.8, 4) is 0 Å². The molecular weight excluding hydrogens is 221 g/mol. The largest absolute Gasteiger partial charge is 0.396 e. The van der Waals surface area contributed by atoms with Gasteiger partial charge in [0.25, 0.3) is 5.91 Å². The van der Waals surface area contributed by atoms with Crippen molar-refractivity contribution < 1.29 is 14.3 Å². The minimum atomic E-state index is -0.382. The second-order valence-electron chi connectivity index (χ2n) is 4.05. The highest BCUT2D eigenvalue weighted by Gasteiger charge is 2.12. The van der Waals surface area contributed by atoms with Gasteiger partial charge in [0.05, 0.1) is 0 Å². The second kappa shape index (κ2) is 6.35. The Hall–Kier alpha value is -1.42. The van der Waals surface area contributed by atoms with E-state index in [1.165, 1.54) is 6.07 Å². The third-order valence-corrected chi connectivity index (χ3v) is 2.74. The third kappa shape index (κ3) is 3.82. The van der Waals surface area contributed by atoms with Crippen LogP contribution in [0, 0.1) is 12.7 Å². The van der Waals surface area contributed by atoms with Gasteiger partial charge < -0.3 is 10.4 Å². The van der Waals surface area contributed by atoms with Crippen LogP contribution in [0.15, 0.2) is 18.2 Å². The van der Waals surface area contributed by atoms with Gasteiger partial charge in [-0.2, -0.15) is 0 Å². The maximum absolute atomic E-state index is 13.3. The fourth-order valence-electron chi connectivity index (χ4n) is 1.54. The molecule has 1 aromatic carbocycles. The number of aryl methyl sites for hydroxylation is 1. The Morgan fingerprint density at radius 1 is 1.53 bits per heavy atom. The molecule has 1 rings (SSSR count). The SMILES string of the molecule is CCC(CCO)NC(=O)c1ccc(C)c(F)c1. The molecule has 0 fully saturated rings. The predicted octanol–water partition coefficient (Wildman–Crippen LogP) is 2.02. The van der Waals surface area contributed by atoms with Crippen molar-refractivity contribution in [3.63, 3.8) is 0 Å². The van der Waals surface area contributed by atoms with E-state index in [0.29, 0.717) is 17.5 Å². The van der Waals surface area contributed by atoms with Gasteiger partial charge in [-0.15, -0.1) is 0 Å². The topological polar surface area (TPSA) is 49.3 Å². The second-order valence-corrected chi connectivity index (χ2v) is 4.05. The van der Waals surface area contributed by atoms with E-state index in [2.05, 4.69) is 5.32 Å². The normalized spacial score (nSPS) is 12.2. The number of carbonyl (C=O) groups is 1. The zero-order chi connectivity index (χ0) is 12.8. The van der Waals surface area contributed by atoms with Crippen LogP contribution < -0.4 is 5.32 Å². The van der Waals surface area contributed by atoms with E-state index in [0.717, 1.165) is 6.42 Å². The van der Waals surface area contributed by atoms with Crippen LogP contribution in [0.25, 0.3) is 0 Å². The monoisotopic (exact) mass is 239 g/mol. The summed E-state index contributed by atoms with van der Waals surface area (Å²) in [6.45, 7) is 3.61. The molecular formula is C13H18FNO2. The number of hydrogen-bond donors (Lipinski definition) is 2. The van der Waals surface area contributed by atoms with Crippen LogP contribution in [0.1, 0.15) is 35.7 Å². The molecule has 1 amide bonds. The number of hydrogen-bond acceptors (Lipinski definition) is 2. The first-order chi connectivity index (χ1) is 8.08. The summed E-state index contributed by atoms with van der Waals surface area (Å²) >= 11 is 0. The van der Waals surface area contributed by atoms with Gasteiger partial charge in [0.1, 0.15) is 5.82 Å². The molecule has 0 heterocycles. The minimum absolute atomic E-state index is 0.0288.